The van der Waals surface area contributed by atoms with Crippen molar-refractivity contribution in [2.75, 3.05) is 0 Å². The molecule has 458 valence electrons. The summed E-state index contributed by atoms with van der Waals surface area (Å²) in [5.41, 5.74) is 14.1. The topological polar surface area (TPSA) is 91.5 Å². The average molecular weight is 1280 g/mol. The van der Waals surface area contributed by atoms with Gasteiger partial charge in [-0.15, -0.1) is 0 Å². The number of benzene rings is 10. The summed E-state index contributed by atoms with van der Waals surface area (Å²) < 4.78 is 54.9. The minimum absolute atomic E-state index is 0.360. The van der Waals surface area contributed by atoms with Crippen molar-refractivity contribution in [2.45, 2.75) is 117 Å². The lowest BCUT2D eigenvalue weighted by Crippen LogP contribution is -2.41. The summed E-state index contributed by atoms with van der Waals surface area (Å²) >= 11 is 3.70. The minimum atomic E-state index is -0.476. The van der Waals surface area contributed by atoms with Crippen LogP contribution in [0.5, 0.6) is 0 Å². The lowest BCUT2D eigenvalue weighted by molar-refractivity contribution is 0.00578. The molecule has 92 heavy (non-hydrogen) atoms. The third kappa shape index (κ3) is 10.0. The number of aromatic nitrogens is 2. The summed E-state index contributed by atoms with van der Waals surface area (Å²) in [6.07, 6.45) is 0. The zero-order valence-electron chi connectivity index (χ0n) is 54.1. The Morgan fingerprint density at radius 1 is 0.293 bits per heavy atom. The average Bonchev–Trinajstić information content (AvgIpc) is 1.61. The molecule has 0 amide bonds. The van der Waals surface area contributed by atoms with E-state index in [0.29, 0.717) is 0 Å². The molecule has 0 spiro atoms. The fourth-order valence-corrected chi connectivity index (χ4v) is 13.7. The van der Waals surface area contributed by atoms with Crippen LogP contribution in [-0.2, 0) is 27.9 Å². The van der Waals surface area contributed by atoms with Crippen LogP contribution in [0.15, 0.2) is 232 Å². The Balaban J connectivity index is 0.000000123. The van der Waals surface area contributed by atoms with Gasteiger partial charge in [0, 0.05) is 58.9 Å². The summed E-state index contributed by atoms with van der Waals surface area (Å²) in [4.78, 5) is 0. The van der Waals surface area contributed by atoms with E-state index >= 15 is 0 Å². The number of halogens is 1. The van der Waals surface area contributed by atoms with E-state index in [2.05, 4.69) is 247 Å². The van der Waals surface area contributed by atoms with Gasteiger partial charge in [0.25, 0.3) is 0 Å². The van der Waals surface area contributed by atoms with E-state index in [9.17, 15) is 0 Å². The molecule has 0 N–H and O–H groups in total. The van der Waals surface area contributed by atoms with E-state index in [1.54, 1.807) is 0 Å². The smallest absolute Gasteiger partial charge is 0.456 e. The van der Waals surface area contributed by atoms with Crippen LogP contribution in [-0.4, -0.2) is 63.9 Å². The highest BCUT2D eigenvalue weighted by Gasteiger charge is 2.64. The van der Waals surface area contributed by atoms with Gasteiger partial charge in [0.2, 0.25) is 0 Å². The molecule has 10 nitrogen and oxygen atoms in total. The highest BCUT2D eigenvalue weighted by molar-refractivity contribution is 9.10. The third-order valence-electron chi connectivity index (χ3n) is 20.3. The monoisotopic (exact) mass is 1280 g/mol. The van der Waals surface area contributed by atoms with Gasteiger partial charge in [0.1, 0.15) is 22.3 Å². The summed E-state index contributed by atoms with van der Waals surface area (Å²) in [5.74, 6) is 0. The first-order chi connectivity index (χ1) is 44.0. The van der Waals surface area contributed by atoms with Gasteiger partial charge in [0.15, 0.2) is 0 Å². The highest BCUT2D eigenvalue weighted by atomic mass is 79.9. The molecule has 3 saturated heterocycles. The molecule has 0 aliphatic carbocycles. The van der Waals surface area contributed by atoms with E-state index in [1.165, 1.54) is 60.4 Å². The second kappa shape index (κ2) is 22.0. The Bertz CT molecular complexity index is 5120. The molecule has 0 bridgehead atoms. The molecular weight excluding hydrogens is 1210 g/mol. The second-order valence-corrected chi connectivity index (χ2v) is 28.5. The lowest BCUT2D eigenvalue weighted by Gasteiger charge is -2.32. The van der Waals surface area contributed by atoms with Gasteiger partial charge in [-0.05, 0) is 214 Å². The molecule has 10 aromatic carbocycles. The van der Waals surface area contributed by atoms with E-state index in [0.717, 1.165) is 70.6 Å². The molecule has 3 aliphatic heterocycles. The standard InChI is InChI=1S/C36H30BNO3.C30H18BrNO.C12H24B2O4/c1-35(2)36(3,4)41-37(40-35)29-14-10-16-33-34(29)28-22-24(18-20-32(28)39-33)23-17-19-31-27(21-23)26-13-8-9-15-30(26)38(31)25-11-6-5-7-12-25;31-25-10-6-12-29-30(25)24-18-20(14-16-28(24)33-29)19-13-15-27-23(17-19)22-9-4-5-11-26(22)32(27)21-7-2-1-3-8-21;1-9(2)10(3,4)16-13(15-9)14-17-11(5,6)12(7,8)18-14/h5-22H,1-4H3;1-18H;1-8H3. The van der Waals surface area contributed by atoms with Crippen LogP contribution in [0.2, 0.25) is 0 Å². The molecule has 0 atom stereocenters. The molecule has 3 aliphatic rings. The van der Waals surface area contributed by atoms with Crippen molar-refractivity contribution in [3.63, 3.8) is 0 Å². The summed E-state index contributed by atoms with van der Waals surface area (Å²) in [6.45, 7) is 24.6. The van der Waals surface area contributed by atoms with Crippen LogP contribution in [0.4, 0.5) is 0 Å². The predicted molar refractivity (Wildman–Crippen MR) is 383 cm³/mol. The number of fused-ring (bicyclic) bond motifs is 12. The van der Waals surface area contributed by atoms with Crippen molar-refractivity contribution in [3.8, 4) is 33.6 Å². The van der Waals surface area contributed by atoms with Crippen LogP contribution < -0.4 is 5.46 Å². The maximum Gasteiger partial charge on any atom is 0.495 e. The van der Waals surface area contributed by atoms with Crippen molar-refractivity contribution in [2.24, 2.45) is 0 Å². The van der Waals surface area contributed by atoms with E-state index < -0.39 is 32.3 Å². The molecule has 3 fully saturated rings. The van der Waals surface area contributed by atoms with Gasteiger partial charge in [-0.2, -0.15) is 0 Å². The first-order valence-corrected chi connectivity index (χ1v) is 32.6. The van der Waals surface area contributed by atoms with Gasteiger partial charge in [-0.25, -0.2) is 0 Å². The van der Waals surface area contributed by atoms with Gasteiger partial charge in [0.05, 0.1) is 55.7 Å². The van der Waals surface area contributed by atoms with Gasteiger partial charge < -0.3 is 45.9 Å². The largest absolute Gasteiger partial charge is 0.495 e. The molecule has 0 radical (unpaired) electrons. The normalized spacial score (nSPS) is 17.8. The van der Waals surface area contributed by atoms with Gasteiger partial charge >= 0.3 is 21.1 Å². The molecule has 14 aromatic rings. The van der Waals surface area contributed by atoms with Crippen LogP contribution >= 0.6 is 15.9 Å². The number of rotatable bonds is 6. The van der Waals surface area contributed by atoms with Crippen molar-refractivity contribution >= 4 is 130 Å². The minimum Gasteiger partial charge on any atom is -0.456 e. The fourth-order valence-electron chi connectivity index (χ4n) is 13.2. The molecule has 17 rings (SSSR count). The molecule has 0 unspecified atom stereocenters. The van der Waals surface area contributed by atoms with E-state index in [4.69, 9.17) is 36.8 Å². The number of furan rings is 2. The van der Waals surface area contributed by atoms with Crippen molar-refractivity contribution in [1.82, 2.24) is 9.13 Å². The summed E-state index contributed by atoms with van der Waals surface area (Å²) in [7, 11) is -1.42. The number of hydrogen-bond acceptors (Lipinski definition) is 8. The van der Waals surface area contributed by atoms with Crippen molar-refractivity contribution in [3.05, 3.63) is 223 Å². The molecule has 0 saturated carbocycles. The van der Waals surface area contributed by atoms with Crippen LogP contribution in [0, 0.1) is 0 Å². The second-order valence-electron chi connectivity index (χ2n) is 27.6. The Morgan fingerprint density at radius 2 is 0.641 bits per heavy atom. The van der Waals surface area contributed by atoms with Crippen LogP contribution in [0.1, 0.15) is 83.1 Å². The molecular formula is C78H72B3BrN2O8. The predicted octanol–water partition coefficient (Wildman–Crippen LogP) is 20.0. The maximum atomic E-state index is 6.45. The van der Waals surface area contributed by atoms with Gasteiger partial charge in [-0.3, -0.25) is 0 Å². The SMILES string of the molecule is Brc1cccc2oc3ccc(-c4ccc5c(c4)c4ccccc4n5-c4ccccc4)cc3c12.CC1(C)OB(B2OC(C)(C)C(C)(C)O2)OC1(C)C.CC1(C)OB(c2cccc3oc4ccc(-c5ccc6c(c5)c5ccccc5n6-c5ccccc5)cc4c23)OC1(C)C. The first-order valence-electron chi connectivity index (χ1n) is 31.8. The molecule has 14 heteroatoms. The number of para-hydroxylation sites is 4. The van der Waals surface area contributed by atoms with Crippen LogP contribution in [0.25, 0.3) is 121 Å². The van der Waals surface area contributed by atoms with Gasteiger partial charge in [-0.1, -0.05) is 131 Å². The van der Waals surface area contributed by atoms with E-state index in [-0.39, 0.29) is 22.4 Å². The highest BCUT2D eigenvalue weighted by Crippen LogP contribution is 2.45. The van der Waals surface area contributed by atoms with Crippen LogP contribution in [0.3, 0.4) is 0 Å². The fraction of sp³-hybridized carbons (Fsp3) is 0.231. The Labute approximate surface area is 545 Å². The number of nitrogens with zero attached hydrogens (tertiary/aromatic N) is 2. The Kier molecular flexibility index (Phi) is 14.4. The Hall–Kier alpha value is -8.17. The molecule has 7 heterocycles. The summed E-state index contributed by atoms with van der Waals surface area (Å²) in [6, 6.07) is 77.1. The summed E-state index contributed by atoms with van der Waals surface area (Å²) in [5, 5.41) is 9.35. The zero-order valence-corrected chi connectivity index (χ0v) is 55.6. The lowest BCUT2D eigenvalue weighted by atomic mass is 9.49. The molecule has 4 aromatic heterocycles. The Morgan fingerprint density at radius 3 is 1.09 bits per heavy atom. The quantitative estimate of drug-likeness (QED) is 0.152. The number of hydrogen-bond donors (Lipinski definition) is 0. The zero-order chi connectivity index (χ0) is 63.9. The van der Waals surface area contributed by atoms with Crippen molar-refractivity contribution in [1.29, 1.82) is 0 Å². The van der Waals surface area contributed by atoms with E-state index in [1.807, 2.05) is 79.7 Å². The maximum absolute atomic E-state index is 6.45. The third-order valence-corrected chi connectivity index (χ3v) is 20.9. The van der Waals surface area contributed by atoms with Crippen molar-refractivity contribution < 1.29 is 36.8 Å². The first kappa shape index (κ1) is 60.1.